The van der Waals surface area contributed by atoms with Crippen LogP contribution in [-0.4, -0.2) is 48.0 Å². The fourth-order valence-corrected chi connectivity index (χ4v) is 3.00. The summed E-state index contributed by atoms with van der Waals surface area (Å²) in [7, 11) is 3.36. The summed E-state index contributed by atoms with van der Waals surface area (Å²) < 4.78 is 0.0610. The van der Waals surface area contributed by atoms with Crippen LogP contribution in [0.3, 0.4) is 0 Å². The van der Waals surface area contributed by atoms with Gasteiger partial charge in [-0.25, -0.2) is 9.28 Å². The van der Waals surface area contributed by atoms with Crippen LogP contribution in [0, 0.1) is 0 Å². The van der Waals surface area contributed by atoms with Crippen LogP contribution < -0.4 is 5.73 Å². The van der Waals surface area contributed by atoms with Crippen LogP contribution in [0.15, 0.2) is 18.2 Å². The second-order valence-electron chi connectivity index (χ2n) is 5.28. The Bertz CT molecular complexity index is 579. The molecule has 3 amide bonds. The van der Waals surface area contributed by atoms with Crippen LogP contribution >= 0.6 is 23.2 Å². The van der Waals surface area contributed by atoms with E-state index in [1.807, 2.05) is 0 Å². The minimum absolute atomic E-state index is 0.0610. The number of urea groups is 1. The van der Waals surface area contributed by atoms with Gasteiger partial charge in [-0.05, 0) is 12.1 Å². The Kier molecular flexibility index (Phi) is 3.95. The summed E-state index contributed by atoms with van der Waals surface area (Å²) in [4.78, 5) is 25.1. The van der Waals surface area contributed by atoms with Crippen LogP contribution in [-0.2, 0) is 11.3 Å². The van der Waals surface area contributed by atoms with Crippen LogP contribution in [0.5, 0.6) is 0 Å². The lowest BCUT2D eigenvalue weighted by atomic mass is 10.2. The molecule has 0 radical (unpaired) electrons. The largest absolute Gasteiger partial charge is 0.419 e. The van der Waals surface area contributed by atoms with Crippen LogP contribution in [0.1, 0.15) is 5.56 Å². The molecule has 0 aromatic heterocycles. The molecule has 0 aliphatic carbocycles. The highest BCUT2D eigenvalue weighted by molar-refractivity contribution is 6.35. The quantitative estimate of drug-likeness (QED) is 0.865. The zero-order valence-corrected chi connectivity index (χ0v) is 12.8. The molecule has 5 nitrogen and oxygen atoms in total. The number of carbonyl (C=O) groups excluding carboxylic acids is 2. The topological polar surface area (TPSA) is 63.4 Å². The van der Waals surface area contributed by atoms with E-state index < -0.39 is 11.9 Å². The summed E-state index contributed by atoms with van der Waals surface area (Å²) in [5, 5.41) is 1.05. The molecule has 1 aliphatic rings. The molecule has 0 bridgehead atoms. The number of carbonyl (C=O) groups is 2. The third-order valence-electron chi connectivity index (χ3n) is 3.67. The lowest BCUT2D eigenvalue weighted by Crippen LogP contribution is -2.46. The number of hydrogen-bond donors (Lipinski definition) is 1. The third kappa shape index (κ3) is 2.61. The SMILES string of the molecule is CN1C(=O)[N+](C)(Cc2ccc(Cl)cc2Cl)CC1C(N)=O. The number of quaternary nitrogens is 1. The standard InChI is InChI=1S/C13H15Cl2N3O2/c1-17-11(12(16)19)7-18(2,13(17)20)6-8-3-4-9(14)5-10(8)15/h3-5,11H,6-7H2,1-2H3,(H-,16,19)/p+1. The molecule has 1 aromatic carbocycles. The number of amides is 3. The van der Waals surface area contributed by atoms with E-state index >= 15 is 0 Å². The van der Waals surface area contributed by atoms with Gasteiger partial charge in [0.1, 0.15) is 13.1 Å². The van der Waals surface area contributed by atoms with Crippen molar-refractivity contribution in [3.05, 3.63) is 33.8 Å². The fraction of sp³-hybridized carbons (Fsp3) is 0.385. The summed E-state index contributed by atoms with van der Waals surface area (Å²) in [6.07, 6.45) is 0. The maximum absolute atomic E-state index is 12.3. The highest BCUT2D eigenvalue weighted by Gasteiger charge is 2.50. The lowest BCUT2D eigenvalue weighted by molar-refractivity contribution is -0.835. The highest BCUT2D eigenvalue weighted by Crippen LogP contribution is 2.28. The van der Waals surface area contributed by atoms with Gasteiger partial charge < -0.3 is 5.73 Å². The van der Waals surface area contributed by atoms with Gasteiger partial charge in [-0.3, -0.25) is 9.69 Å². The number of rotatable bonds is 3. The minimum Gasteiger partial charge on any atom is -0.368 e. The lowest BCUT2D eigenvalue weighted by Gasteiger charge is -2.25. The smallest absolute Gasteiger partial charge is 0.368 e. The first-order valence-electron chi connectivity index (χ1n) is 6.10. The van der Waals surface area contributed by atoms with Crippen LogP contribution in [0.2, 0.25) is 10.0 Å². The fourth-order valence-electron chi connectivity index (χ4n) is 2.54. The monoisotopic (exact) mass is 316 g/mol. The highest BCUT2D eigenvalue weighted by atomic mass is 35.5. The van der Waals surface area contributed by atoms with E-state index in [0.717, 1.165) is 5.56 Å². The van der Waals surface area contributed by atoms with Gasteiger partial charge in [-0.2, -0.15) is 0 Å². The molecule has 20 heavy (non-hydrogen) atoms. The van der Waals surface area contributed by atoms with Crippen molar-refractivity contribution in [1.82, 2.24) is 4.90 Å². The van der Waals surface area contributed by atoms with E-state index in [4.69, 9.17) is 28.9 Å². The number of hydrogen-bond acceptors (Lipinski definition) is 2. The van der Waals surface area contributed by atoms with E-state index in [2.05, 4.69) is 0 Å². The van der Waals surface area contributed by atoms with Crippen molar-refractivity contribution < 1.29 is 14.1 Å². The molecule has 0 spiro atoms. The zero-order valence-electron chi connectivity index (χ0n) is 11.3. The van der Waals surface area contributed by atoms with Gasteiger partial charge in [0.15, 0.2) is 6.04 Å². The number of nitrogens with zero attached hydrogens (tertiary/aromatic N) is 2. The Labute approximate surface area is 127 Å². The normalized spacial score (nSPS) is 26.1. The molecule has 7 heteroatoms. The van der Waals surface area contributed by atoms with Gasteiger partial charge in [0.2, 0.25) is 5.91 Å². The summed E-state index contributed by atoms with van der Waals surface area (Å²) in [6, 6.07) is 4.42. The number of benzene rings is 1. The Morgan fingerprint density at radius 2 is 2.15 bits per heavy atom. The van der Waals surface area contributed by atoms with Crippen molar-refractivity contribution in [2.45, 2.75) is 12.6 Å². The van der Waals surface area contributed by atoms with Gasteiger partial charge in [-0.15, -0.1) is 0 Å². The maximum atomic E-state index is 12.3. The molecule has 1 saturated heterocycles. The van der Waals surface area contributed by atoms with Crippen molar-refractivity contribution in [1.29, 1.82) is 0 Å². The molecule has 2 N–H and O–H groups in total. The number of primary amides is 1. The first-order chi connectivity index (χ1) is 9.24. The molecule has 1 aliphatic heterocycles. The van der Waals surface area contributed by atoms with Gasteiger partial charge in [0.25, 0.3) is 0 Å². The predicted molar refractivity (Wildman–Crippen MR) is 77.4 cm³/mol. The summed E-state index contributed by atoms with van der Waals surface area (Å²) in [5.74, 6) is -0.495. The van der Waals surface area contributed by atoms with E-state index in [0.29, 0.717) is 23.1 Å². The van der Waals surface area contributed by atoms with E-state index in [9.17, 15) is 9.59 Å². The van der Waals surface area contributed by atoms with Crippen molar-refractivity contribution in [3.8, 4) is 0 Å². The zero-order chi connectivity index (χ0) is 15.1. The average molecular weight is 317 g/mol. The van der Waals surface area contributed by atoms with Crippen molar-refractivity contribution in [2.24, 2.45) is 5.73 Å². The van der Waals surface area contributed by atoms with Crippen molar-refractivity contribution in [2.75, 3.05) is 20.6 Å². The summed E-state index contributed by atoms with van der Waals surface area (Å²) in [5.41, 5.74) is 6.14. The predicted octanol–water partition coefficient (Wildman–Crippen LogP) is 1.86. The molecule has 0 saturated carbocycles. The first-order valence-corrected chi connectivity index (χ1v) is 6.85. The number of likely N-dealkylation sites (N-methyl/N-ethyl adjacent to an activating group) is 2. The van der Waals surface area contributed by atoms with E-state index in [-0.39, 0.29) is 10.5 Å². The van der Waals surface area contributed by atoms with Gasteiger partial charge in [-0.1, -0.05) is 29.3 Å². The van der Waals surface area contributed by atoms with Crippen molar-refractivity contribution in [3.63, 3.8) is 0 Å². The summed E-state index contributed by atoms with van der Waals surface area (Å²) >= 11 is 12.0. The first kappa shape index (κ1) is 15.1. The Hall–Kier alpha value is -1.30. The number of nitrogens with two attached hydrogens (primary N) is 1. The van der Waals surface area contributed by atoms with Gasteiger partial charge >= 0.3 is 6.03 Å². The van der Waals surface area contributed by atoms with E-state index in [1.54, 1.807) is 32.3 Å². The molecular formula is C13H16Cl2N3O2+. The molecule has 2 unspecified atom stereocenters. The van der Waals surface area contributed by atoms with E-state index in [1.165, 1.54) is 4.90 Å². The number of halogens is 2. The van der Waals surface area contributed by atoms with Gasteiger partial charge in [0.05, 0.1) is 12.1 Å². The maximum Gasteiger partial charge on any atom is 0.419 e. The second-order valence-corrected chi connectivity index (χ2v) is 6.13. The summed E-state index contributed by atoms with van der Waals surface area (Å²) in [6.45, 7) is 0.729. The average Bonchev–Trinajstić information content (AvgIpc) is 2.58. The molecule has 2 atom stereocenters. The third-order valence-corrected chi connectivity index (χ3v) is 4.26. The van der Waals surface area contributed by atoms with Crippen LogP contribution in [0.25, 0.3) is 0 Å². The molecule has 1 aromatic rings. The molecule has 108 valence electrons. The molecular weight excluding hydrogens is 301 g/mol. The van der Waals surface area contributed by atoms with Crippen LogP contribution in [0.4, 0.5) is 4.79 Å². The second kappa shape index (κ2) is 5.24. The van der Waals surface area contributed by atoms with Crippen molar-refractivity contribution >= 4 is 35.1 Å². The molecule has 1 heterocycles. The molecule has 1 fully saturated rings. The minimum atomic E-state index is -0.585. The molecule has 2 rings (SSSR count). The Morgan fingerprint density at radius 3 is 2.65 bits per heavy atom. The Balaban J connectivity index is 2.28. The van der Waals surface area contributed by atoms with Gasteiger partial charge in [0, 0.05) is 17.6 Å². The Morgan fingerprint density at radius 1 is 1.50 bits per heavy atom.